The summed E-state index contributed by atoms with van der Waals surface area (Å²) in [7, 11) is 1.75. The molecular weight excluding hydrogens is 320 g/mol. The number of hydrogen-bond donors (Lipinski definition) is 1. The van der Waals surface area contributed by atoms with Crippen molar-refractivity contribution >= 4 is 17.3 Å². The minimum absolute atomic E-state index is 0.180. The number of hydrogen-bond acceptors (Lipinski definition) is 8. The Balaban J connectivity index is 1.54. The highest BCUT2D eigenvalue weighted by Gasteiger charge is 2.33. The largest absolute Gasteiger partial charge is 0.380 e. The quantitative estimate of drug-likeness (QED) is 0.733. The van der Waals surface area contributed by atoms with Crippen molar-refractivity contribution in [1.29, 1.82) is 0 Å². The van der Waals surface area contributed by atoms with E-state index in [0.29, 0.717) is 12.2 Å². The molecule has 0 spiro atoms. The number of rotatable bonds is 5. The number of methoxy groups -OCH3 is 1. The molecule has 130 valence electrons. The SMILES string of the molecule is CO[C@H]1C[C@@H](CNc2nccn3cnnc23)N(c2cc(C)ncn2)C1. The lowest BCUT2D eigenvalue weighted by Crippen LogP contribution is -2.36. The number of nitrogens with zero attached hydrogens (tertiary/aromatic N) is 7. The second-order valence-electron chi connectivity index (χ2n) is 6.14. The molecule has 0 bridgehead atoms. The molecule has 1 fully saturated rings. The summed E-state index contributed by atoms with van der Waals surface area (Å²) in [5.74, 6) is 1.65. The predicted octanol–water partition coefficient (Wildman–Crippen LogP) is 0.929. The van der Waals surface area contributed by atoms with Gasteiger partial charge in [-0.05, 0) is 13.3 Å². The van der Waals surface area contributed by atoms with Crippen molar-refractivity contribution in [3.05, 3.63) is 36.8 Å². The fourth-order valence-electron chi connectivity index (χ4n) is 3.21. The monoisotopic (exact) mass is 340 g/mol. The van der Waals surface area contributed by atoms with E-state index in [-0.39, 0.29) is 12.1 Å². The fraction of sp³-hybridized carbons (Fsp3) is 0.438. The Bertz CT molecular complexity index is 866. The third-order valence-corrected chi connectivity index (χ3v) is 4.51. The van der Waals surface area contributed by atoms with Crippen LogP contribution in [0.5, 0.6) is 0 Å². The third kappa shape index (κ3) is 3.10. The van der Waals surface area contributed by atoms with Crippen molar-refractivity contribution in [2.24, 2.45) is 0 Å². The predicted molar refractivity (Wildman–Crippen MR) is 92.6 cm³/mol. The molecule has 25 heavy (non-hydrogen) atoms. The van der Waals surface area contributed by atoms with Crippen molar-refractivity contribution in [3.63, 3.8) is 0 Å². The molecule has 0 aromatic carbocycles. The van der Waals surface area contributed by atoms with Crippen molar-refractivity contribution < 1.29 is 4.74 Å². The maximum atomic E-state index is 5.58. The van der Waals surface area contributed by atoms with Gasteiger partial charge in [0.2, 0.25) is 5.65 Å². The van der Waals surface area contributed by atoms with Crippen LogP contribution in [-0.4, -0.2) is 61.9 Å². The van der Waals surface area contributed by atoms with Gasteiger partial charge in [0.1, 0.15) is 18.5 Å². The van der Waals surface area contributed by atoms with Gasteiger partial charge in [-0.3, -0.25) is 4.40 Å². The first-order valence-electron chi connectivity index (χ1n) is 8.21. The first-order valence-corrected chi connectivity index (χ1v) is 8.21. The summed E-state index contributed by atoms with van der Waals surface area (Å²) in [4.78, 5) is 15.3. The number of aryl methyl sites for hydroxylation is 1. The van der Waals surface area contributed by atoms with Crippen LogP contribution in [0.3, 0.4) is 0 Å². The molecule has 2 atom stereocenters. The highest BCUT2D eigenvalue weighted by Crippen LogP contribution is 2.26. The molecule has 0 amide bonds. The summed E-state index contributed by atoms with van der Waals surface area (Å²) >= 11 is 0. The Morgan fingerprint density at radius 1 is 1.32 bits per heavy atom. The summed E-state index contributed by atoms with van der Waals surface area (Å²) < 4.78 is 7.42. The second-order valence-corrected chi connectivity index (χ2v) is 6.14. The maximum absolute atomic E-state index is 5.58. The van der Waals surface area contributed by atoms with Gasteiger partial charge in [0.25, 0.3) is 0 Å². The van der Waals surface area contributed by atoms with E-state index in [2.05, 4.69) is 35.4 Å². The van der Waals surface area contributed by atoms with Gasteiger partial charge < -0.3 is 15.0 Å². The zero-order valence-corrected chi connectivity index (χ0v) is 14.2. The Morgan fingerprint density at radius 2 is 2.24 bits per heavy atom. The van der Waals surface area contributed by atoms with E-state index in [9.17, 15) is 0 Å². The average Bonchev–Trinajstić information content (AvgIpc) is 3.26. The molecule has 3 aromatic heterocycles. The number of nitrogens with one attached hydrogen (secondary N) is 1. The Hall–Kier alpha value is -2.81. The van der Waals surface area contributed by atoms with Gasteiger partial charge in [-0.15, -0.1) is 10.2 Å². The third-order valence-electron chi connectivity index (χ3n) is 4.51. The standard InChI is InChI=1S/C16H20N8O/c1-11-5-14(20-9-19-11)24-8-13(25-2)6-12(24)7-18-15-16-22-21-10-23(16)4-3-17-15/h3-5,9-10,12-13H,6-8H2,1-2H3,(H,17,18)/t12-,13-/m0/s1. The molecule has 0 radical (unpaired) electrons. The van der Waals surface area contributed by atoms with E-state index < -0.39 is 0 Å². The van der Waals surface area contributed by atoms with E-state index in [0.717, 1.165) is 30.3 Å². The molecule has 0 aliphatic carbocycles. The van der Waals surface area contributed by atoms with E-state index in [1.54, 1.807) is 26.0 Å². The molecule has 4 rings (SSSR count). The molecule has 1 aliphatic rings. The van der Waals surface area contributed by atoms with Crippen LogP contribution in [0, 0.1) is 6.92 Å². The fourth-order valence-corrected chi connectivity index (χ4v) is 3.21. The zero-order valence-electron chi connectivity index (χ0n) is 14.2. The highest BCUT2D eigenvalue weighted by molar-refractivity contribution is 5.61. The highest BCUT2D eigenvalue weighted by atomic mass is 16.5. The zero-order chi connectivity index (χ0) is 17.2. The van der Waals surface area contributed by atoms with Gasteiger partial charge in [-0.25, -0.2) is 15.0 Å². The average molecular weight is 340 g/mol. The van der Waals surface area contributed by atoms with Crippen LogP contribution < -0.4 is 10.2 Å². The maximum Gasteiger partial charge on any atom is 0.203 e. The van der Waals surface area contributed by atoms with Crippen molar-refractivity contribution in [3.8, 4) is 0 Å². The summed E-state index contributed by atoms with van der Waals surface area (Å²) in [6, 6.07) is 2.24. The van der Waals surface area contributed by atoms with Gasteiger partial charge in [0.15, 0.2) is 5.82 Å². The lowest BCUT2D eigenvalue weighted by molar-refractivity contribution is 0.118. The molecular formula is C16H20N8O. The van der Waals surface area contributed by atoms with Crippen LogP contribution in [0.2, 0.25) is 0 Å². The molecule has 9 heteroatoms. The van der Waals surface area contributed by atoms with E-state index in [1.165, 1.54) is 0 Å². The summed E-state index contributed by atoms with van der Waals surface area (Å²) in [6.07, 6.45) is 7.92. The summed E-state index contributed by atoms with van der Waals surface area (Å²) in [5, 5.41) is 11.4. The minimum Gasteiger partial charge on any atom is -0.380 e. The van der Waals surface area contributed by atoms with Gasteiger partial charge in [0.05, 0.1) is 12.1 Å². The Labute approximate surface area is 145 Å². The van der Waals surface area contributed by atoms with Crippen LogP contribution in [0.1, 0.15) is 12.1 Å². The van der Waals surface area contributed by atoms with E-state index in [1.807, 2.05) is 23.6 Å². The number of aromatic nitrogens is 6. The topological polar surface area (TPSA) is 93.4 Å². The number of ether oxygens (including phenoxy) is 1. The van der Waals surface area contributed by atoms with E-state index in [4.69, 9.17) is 4.74 Å². The summed E-state index contributed by atoms with van der Waals surface area (Å²) in [6.45, 7) is 3.49. The first kappa shape index (κ1) is 15.7. The second kappa shape index (κ2) is 6.60. The molecule has 1 aliphatic heterocycles. The van der Waals surface area contributed by atoms with E-state index >= 15 is 0 Å². The molecule has 3 aromatic rings. The van der Waals surface area contributed by atoms with Crippen LogP contribution in [0.15, 0.2) is 31.1 Å². The normalized spacial score (nSPS) is 20.3. The first-order chi connectivity index (χ1) is 12.2. The number of anilines is 2. The van der Waals surface area contributed by atoms with Gasteiger partial charge in [-0.1, -0.05) is 0 Å². The molecule has 4 heterocycles. The minimum atomic E-state index is 0.180. The lowest BCUT2D eigenvalue weighted by Gasteiger charge is -2.25. The van der Waals surface area contributed by atoms with Gasteiger partial charge in [-0.2, -0.15) is 0 Å². The van der Waals surface area contributed by atoms with Crippen LogP contribution in [0.4, 0.5) is 11.6 Å². The van der Waals surface area contributed by atoms with Crippen LogP contribution >= 0.6 is 0 Å². The smallest absolute Gasteiger partial charge is 0.203 e. The Morgan fingerprint density at radius 3 is 3.08 bits per heavy atom. The number of fused-ring (bicyclic) bond motifs is 1. The Kier molecular flexibility index (Phi) is 4.14. The lowest BCUT2D eigenvalue weighted by atomic mass is 10.2. The molecule has 9 nitrogen and oxygen atoms in total. The summed E-state index contributed by atoms with van der Waals surface area (Å²) in [5.41, 5.74) is 1.67. The molecule has 1 saturated heterocycles. The molecule has 0 saturated carbocycles. The van der Waals surface area contributed by atoms with Gasteiger partial charge in [0, 0.05) is 44.4 Å². The van der Waals surface area contributed by atoms with Crippen LogP contribution in [0.25, 0.3) is 5.65 Å². The molecule has 1 N–H and O–H groups in total. The van der Waals surface area contributed by atoms with Crippen molar-refractivity contribution in [2.45, 2.75) is 25.5 Å². The van der Waals surface area contributed by atoms with Crippen LogP contribution in [-0.2, 0) is 4.74 Å². The van der Waals surface area contributed by atoms with Crippen molar-refractivity contribution in [1.82, 2.24) is 29.5 Å². The van der Waals surface area contributed by atoms with Gasteiger partial charge >= 0.3 is 0 Å². The van der Waals surface area contributed by atoms with Crippen molar-refractivity contribution in [2.75, 3.05) is 30.4 Å². The molecule has 0 unspecified atom stereocenters.